The maximum atomic E-state index is 5.45. The van der Waals surface area contributed by atoms with Crippen LogP contribution in [0.15, 0.2) is 65.6 Å². The number of benzene rings is 1. The maximum absolute atomic E-state index is 5.45. The second kappa shape index (κ2) is 7.28. The lowest BCUT2D eigenvalue weighted by Gasteiger charge is -2.26. The molecule has 4 aromatic rings. The Morgan fingerprint density at radius 2 is 1.75 bits per heavy atom. The fourth-order valence-electron chi connectivity index (χ4n) is 3.36. The van der Waals surface area contributed by atoms with E-state index < -0.39 is 0 Å². The van der Waals surface area contributed by atoms with Crippen LogP contribution in [0.25, 0.3) is 22.8 Å². The summed E-state index contributed by atoms with van der Waals surface area (Å²) >= 11 is 0. The van der Waals surface area contributed by atoms with Crippen LogP contribution in [-0.2, 0) is 19.5 Å². The normalized spacial score (nSPS) is 14.0. The van der Waals surface area contributed by atoms with Crippen molar-refractivity contribution >= 4 is 0 Å². The summed E-state index contributed by atoms with van der Waals surface area (Å²) in [6.45, 7) is 2.28. The summed E-state index contributed by atoms with van der Waals surface area (Å²) in [5.41, 5.74) is 4.19. The van der Waals surface area contributed by atoms with Crippen molar-refractivity contribution in [1.29, 1.82) is 0 Å². The monoisotopic (exact) mass is 370 g/mol. The van der Waals surface area contributed by atoms with Gasteiger partial charge in [-0.25, -0.2) is 9.97 Å². The van der Waals surface area contributed by atoms with Gasteiger partial charge in [-0.1, -0.05) is 35.5 Å². The predicted octanol–water partition coefficient (Wildman–Crippen LogP) is 3.15. The van der Waals surface area contributed by atoms with Crippen LogP contribution in [0.5, 0.6) is 0 Å². The number of rotatable bonds is 4. The van der Waals surface area contributed by atoms with Crippen LogP contribution >= 0.6 is 0 Å². The van der Waals surface area contributed by atoms with E-state index in [0.29, 0.717) is 18.3 Å². The molecule has 0 bridgehead atoms. The van der Waals surface area contributed by atoms with Gasteiger partial charge in [0.1, 0.15) is 0 Å². The summed E-state index contributed by atoms with van der Waals surface area (Å²) in [5, 5.41) is 4.10. The zero-order valence-corrected chi connectivity index (χ0v) is 15.2. The van der Waals surface area contributed by atoms with Gasteiger partial charge in [-0.3, -0.25) is 9.88 Å². The Kier molecular flexibility index (Phi) is 4.34. The zero-order valence-electron chi connectivity index (χ0n) is 15.2. The average molecular weight is 370 g/mol. The Balaban J connectivity index is 1.30. The van der Waals surface area contributed by atoms with Gasteiger partial charge in [0.15, 0.2) is 5.82 Å². The summed E-state index contributed by atoms with van der Waals surface area (Å²) < 4.78 is 5.45. The van der Waals surface area contributed by atoms with Gasteiger partial charge < -0.3 is 4.52 Å². The SMILES string of the molecule is c1ccc(-c2noc(CN3CCc4nc(-c5ccncc5)ncc4C3)n2)cc1. The van der Waals surface area contributed by atoms with Crippen LogP contribution in [0.2, 0.25) is 0 Å². The van der Waals surface area contributed by atoms with Crippen LogP contribution in [0.3, 0.4) is 0 Å². The first-order valence-corrected chi connectivity index (χ1v) is 9.21. The van der Waals surface area contributed by atoms with E-state index in [1.54, 1.807) is 12.4 Å². The molecule has 0 N–H and O–H groups in total. The molecule has 5 rings (SSSR count). The van der Waals surface area contributed by atoms with Crippen molar-refractivity contribution in [3.05, 3.63) is 78.2 Å². The lowest BCUT2D eigenvalue weighted by atomic mass is 10.1. The van der Waals surface area contributed by atoms with E-state index in [0.717, 1.165) is 47.7 Å². The average Bonchev–Trinajstić information content (AvgIpc) is 3.23. The van der Waals surface area contributed by atoms with Crippen LogP contribution in [-0.4, -0.2) is 36.5 Å². The van der Waals surface area contributed by atoms with Crippen LogP contribution in [0.1, 0.15) is 17.1 Å². The third-order valence-corrected chi connectivity index (χ3v) is 4.81. The van der Waals surface area contributed by atoms with E-state index >= 15 is 0 Å². The largest absolute Gasteiger partial charge is 0.338 e. The Labute approximate surface area is 162 Å². The van der Waals surface area contributed by atoms with Crippen molar-refractivity contribution in [2.45, 2.75) is 19.5 Å². The van der Waals surface area contributed by atoms with E-state index in [4.69, 9.17) is 9.51 Å². The highest BCUT2D eigenvalue weighted by Crippen LogP contribution is 2.22. The Bertz CT molecular complexity index is 1080. The van der Waals surface area contributed by atoms with Crippen LogP contribution in [0, 0.1) is 0 Å². The zero-order chi connectivity index (χ0) is 18.8. The molecule has 4 heterocycles. The molecule has 0 aliphatic carbocycles. The second-order valence-corrected chi connectivity index (χ2v) is 6.74. The number of pyridine rings is 1. The first kappa shape index (κ1) is 16.7. The number of nitrogens with zero attached hydrogens (tertiary/aromatic N) is 6. The molecular formula is C21H18N6O. The molecule has 0 atom stereocenters. The number of hydrogen-bond donors (Lipinski definition) is 0. The minimum absolute atomic E-state index is 0.616. The molecule has 0 saturated carbocycles. The van der Waals surface area contributed by atoms with Crippen molar-refractivity contribution in [2.75, 3.05) is 6.54 Å². The molecule has 28 heavy (non-hydrogen) atoms. The molecule has 7 heteroatoms. The lowest BCUT2D eigenvalue weighted by Crippen LogP contribution is -2.31. The van der Waals surface area contributed by atoms with Crippen molar-refractivity contribution in [1.82, 2.24) is 30.0 Å². The molecule has 138 valence electrons. The van der Waals surface area contributed by atoms with Crippen molar-refractivity contribution in [3.8, 4) is 22.8 Å². The molecular weight excluding hydrogens is 352 g/mol. The third kappa shape index (κ3) is 3.39. The molecule has 3 aromatic heterocycles. The van der Waals surface area contributed by atoms with E-state index in [2.05, 4.69) is 25.0 Å². The molecule has 0 fully saturated rings. The summed E-state index contributed by atoms with van der Waals surface area (Å²) in [6, 6.07) is 13.7. The fraction of sp³-hybridized carbons (Fsp3) is 0.190. The molecule has 0 unspecified atom stereocenters. The first-order chi connectivity index (χ1) is 13.8. The van der Waals surface area contributed by atoms with Gasteiger partial charge in [-0.05, 0) is 12.1 Å². The van der Waals surface area contributed by atoms with Crippen LogP contribution in [0.4, 0.5) is 0 Å². The van der Waals surface area contributed by atoms with Crippen LogP contribution < -0.4 is 0 Å². The van der Waals surface area contributed by atoms with Crippen molar-refractivity contribution in [2.24, 2.45) is 0 Å². The van der Waals surface area contributed by atoms with Gasteiger partial charge in [0.2, 0.25) is 11.7 Å². The highest BCUT2D eigenvalue weighted by atomic mass is 16.5. The lowest BCUT2D eigenvalue weighted by molar-refractivity contribution is 0.209. The highest BCUT2D eigenvalue weighted by Gasteiger charge is 2.21. The maximum Gasteiger partial charge on any atom is 0.241 e. The quantitative estimate of drug-likeness (QED) is 0.546. The Morgan fingerprint density at radius 3 is 2.61 bits per heavy atom. The summed E-state index contributed by atoms with van der Waals surface area (Å²) in [7, 11) is 0. The van der Waals surface area contributed by atoms with E-state index in [9.17, 15) is 0 Å². The van der Waals surface area contributed by atoms with Gasteiger partial charge in [0, 0.05) is 54.8 Å². The van der Waals surface area contributed by atoms with Gasteiger partial charge in [0.05, 0.1) is 12.2 Å². The minimum Gasteiger partial charge on any atom is -0.338 e. The number of fused-ring (bicyclic) bond motifs is 1. The second-order valence-electron chi connectivity index (χ2n) is 6.74. The number of hydrogen-bond acceptors (Lipinski definition) is 7. The fourth-order valence-corrected chi connectivity index (χ4v) is 3.36. The van der Waals surface area contributed by atoms with Gasteiger partial charge in [-0.2, -0.15) is 4.98 Å². The number of aromatic nitrogens is 5. The first-order valence-electron chi connectivity index (χ1n) is 9.21. The molecule has 1 aliphatic rings. The van der Waals surface area contributed by atoms with Gasteiger partial charge in [-0.15, -0.1) is 0 Å². The minimum atomic E-state index is 0.616. The summed E-state index contributed by atoms with van der Waals surface area (Å²) in [4.78, 5) is 20.1. The molecule has 0 amide bonds. The summed E-state index contributed by atoms with van der Waals surface area (Å²) in [6.07, 6.45) is 6.31. The Morgan fingerprint density at radius 1 is 0.929 bits per heavy atom. The van der Waals surface area contributed by atoms with E-state index in [-0.39, 0.29) is 0 Å². The summed E-state index contributed by atoms with van der Waals surface area (Å²) in [5.74, 6) is 1.99. The smallest absolute Gasteiger partial charge is 0.241 e. The highest BCUT2D eigenvalue weighted by molar-refractivity contribution is 5.54. The van der Waals surface area contributed by atoms with Crippen molar-refractivity contribution in [3.63, 3.8) is 0 Å². The molecule has 7 nitrogen and oxygen atoms in total. The third-order valence-electron chi connectivity index (χ3n) is 4.81. The molecule has 1 aromatic carbocycles. The van der Waals surface area contributed by atoms with E-state index in [1.165, 1.54) is 0 Å². The molecule has 1 aliphatic heterocycles. The Hall–Kier alpha value is -3.45. The molecule has 0 spiro atoms. The topological polar surface area (TPSA) is 80.8 Å². The van der Waals surface area contributed by atoms with Gasteiger partial charge >= 0.3 is 0 Å². The van der Waals surface area contributed by atoms with E-state index in [1.807, 2.05) is 48.7 Å². The molecule has 0 radical (unpaired) electrons. The predicted molar refractivity (Wildman–Crippen MR) is 103 cm³/mol. The van der Waals surface area contributed by atoms with Gasteiger partial charge in [0.25, 0.3) is 0 Å². The molecule has 0 saturated heterocycles. The van der Waals surface area contributed by atoms with Crippen molar-refractivity contribution < 1.29 is 4.52 Å². The standard InChI is InChI=1S/C21H18N6O/c1-2-4-15(5-3-1)21-25-19(28-26-21)14-27-11-8-18-17(13-27)12-23-20(24-18)16-6-9-22-10-7-16/h1-7,9-10,12H,8,11,13-14H2.